The molecule has 8 heteroatoms. The van der Waals surface area contributed by atoms with Crippen molar-refractivity contribution in [2.45, 2.75) is 0 Å². The first-order valence-corrected chi connectivity index (χ1v) is 10.6. The van der Waals surface area contributed by atoms with Crippen molar-refractivity contribution in [1.82, 2.24) is 25.2 Å². The molecule has 0 atom stereocenters. The molecule has 0 spiro atoms. The average Bonchev–Trinajstić information content (AvgIpc) is 3.26. The van der Waals surface area contributed by atoms with Gasteiger partial charge in [-0.25, -0.2) is 9.97 Å². The van der Waals surface area contributed by atoms with Gasteiger partial charge in [0.25, 0.3) is 0 Å². The van der Waals surface area contributed by atoms with Gasteiger partial charge in [-0.05, 0) is 31.2 Å². The molecule has 3 aromatic rings. The zero-order valence-corrected chi connectivity index (χ0v) is 18.0. The van der Waals surface area contributed by atoms with Gasteiger partial charge < -0.3 is 24.8 Å². The SMILES string of the molecule is CNCC=CC(=O)N1CCN(c2ncnc3[nH]c(C#CCOc4ccccc4)cc23)CC1. The third-order valence-electron chi connectivity index (χ3n) is 5.16. The van der Waals surface area contributed by atoms with Gasteiger partial charge in [0.1, 0.15) is 30.1 Å². The van der Waals surface area contributed by atoms with E-state index in [0.29, 0.717) is 26.2 Å². The molecule has 0 bridgehead atoms. The minimum atomic E-state index is 0.0460. The highest BCUT2D eigenvalue weighted by Gasteiger charge is 2.22. The van der Waals surface area contributed by atoms with Gasteiger partial charge in [-0.1, -0.05) is 30.2 Å². The molecule has 8 nitrogen and oxygen atoms in total. The van der Waals surface area contributed by atoms with Crippen LogP contribution >= 0.6 is 0 Å². The summed E-state index contributed by atoms with van der Waals surface area (Å²) in [7, 11) is 1.85. The van der Waals surface area contributed by atoms with E-state index in [4.69, 9.17) is 4.74 Å². The van der Waals surface area contributed by atoms with E-state index in [9.17, 15) is 4.79 Å². The summed E-state index contributed by atoms with van der Waals surface area (Å²) in [4.78, 5) is 28.4. The van der Waals surface area contributed by atoms with Crippen molar-refractivity contribution in [2.75, 3.05) is 51.3 Å². The molecule has 1 aliphatic heterocycles. The Morgan fingerprint density at radius 2 is 2.03 bits per heavy atom. The van der Waals surface area contributed by atoms with Crippen molar-refractivity contribution >= 4 is 22.8 Å². The van der Waals surface area contributed by atoms with Gasteiger partial charge in [0, 0.05) is 38.8 Å². The van der Waals surface area contributed by atoms with Crippen molar-refractivity contribution in [3.63, 3.8) is 0 Å². The van der Waals surface area contributed by atoms with Crippen molar-refractivity contribution in [2.24, 2.45) is 0 Å². The molecule has 32 heavy (non-hydrogen) atoms. The van der Waals surface area contributed by atoms with Crippen LogP contribution in [0.3, 0.4) is 0 Å². The lowest BCUT2D eigenvalue weighted by Gasteiger charge is -2.35. The van der Waals surface area contributed by atoms with E-state index >= 15 is 0 Å². The summed E-state index contributed by atoms with van der Waals surface area (Å²) < 4.78 is 5.62. The van der Waals surface area contributed by atoms with Crippen LogP contribution < -0.4 is 15.0 Å². The Morgan fingerprint density at radius 1 is 1.22 bits per heavy atom. The predicted molar refractivity (Wildman–Crippen MR) is 125 cm³/mol. The molecule has 0 saturated carbocycles. The smallest absolute Gasteiger partial charge is 0.246 e. The third kappa shape index (κ3) is 5.25. The number of anilines is 1. The highest BCUT2D eigenvalue weighted by molar-refractivity contribution is 5.90. The maximum Gasteiger partial charge on any atom is 0.246 e. The molecular weight excluding hydrogens is 404 g/mol. The normalized spacial score (nSPS) is 13.9. The zero-order chi connectivity index (χ0) is 22.2. The fraction of sp³-hybridized carbons (Fsp3) is 0.292. The number of ether oxygens (including phenoxy) is 1. The van der Waals surface area contributed by atoms with Crippen LogP contribution in [-0.2, 0) is 4.79 Å². The number of benzene rings is 1. The van der Waals surface area contributed by atoms with E-state index in [1.807, 2.05) is 54.4 Å². The number of rotatable bonds is 6. The Kier molecular flexibility index (Phi) is 7.00. The first-order chi connectivity index (χ1) is 15.7. The lowest BCUT2D eigenvalue weighted by atomic mass is 10.2. The number of piperazine rings is 1. The topological polar surface area (TPSA) is 86.4 Å². The number of carbonyl (C=O) groups is 1. The molecule has 1 aliphatic rings. The molecule has 0 aliphatic carbocycles. The van der Waals surface area contributed by atoms with Crippen LogP contribution in [0.25, 0.3) is 11.0 Å². The van der Waals surface area contributed by atoms with Gasteiger partial charge >= 0.3 is 0 Å². The Labute approximate surface area is 187 Å². The second-order valence-corrected chi connectivity index (χ2v) is 7.32. The maximum absolute atomic E-state index is 12.3. The van der Waals surface area contributed by atoms with Gasteiger partial charge in [-0.3, -0.25) is 4.79 Å². The lowest BCUT2D eigenvalue weighted by molar-refractivity contribution is -0.126. The monoisotopic (exact) mass is 430 g/mol. The second-order valence-electron chi connectivity index (χ2n) is 7.32. The van der Waals surface area contributed by atoms with Gasteiger partial charge in [-0.2, -0.15) is 0 Å². The van der Waals surface area contributed by atoms with E-state index in [-0.39, 0.29) is 5.91 Å². The van der Waals surface area contributed by atoms with Crippen LogP contribution in [0.4, 0.5) is 5.82 Å². The summed E-state index contributed by atoms with van der Waals surface area (Å²) >= 11 is 0. The minimum Gasteiger partial charge on any atom is -0.481 e. The number of para-hydroxylation sites is 1. The number of aromatic nitrogens is 3. The van der Waals surface area contributed by atoms with Crippen LogP contribution in [0.1, 0.15) is 5.69 Å². The molecule has 2 N–H and O–H groups in total. The van der Waals surface area contributed by atoms with Crippen LogP contribution in [0.5, 0.6) is 5.75 Å². The molecule has 1 amide bonds. The van der Waals surface area contributed by atoms with E-state index in [1.54, 1.807) is 12.4 Å². The molecule has 164 valence electrons. The number of hydrogen-bond donors (Lipinski definition) is 2. The van der Waals surface area contributed by atoms with E-state index in [1.165, 1.54) is 0 Å². The van der Waals surface area contributed by atoms with E-state index in [0.717, 1.165) is 41.4 Å². The van der Waals surface area contributed by atoms with Crippen molar-refractivity contribution in [3.05, 3.63) is 60.6 Å². The van der Waals surface area contributed by atoms with Crippen molar-refractivity contribution in [1.29, 1.82) is 0 Å². The van der Waals surface area contributed by atoms with Crippen LogP contribution in [0.15, 0.2) is 54.9 Å². The Hall–Kier alpha value is -3.83. The second kappa shape index (κ2) is 10.5. The van der Waals surface area contributed by atoms with Crippen LogP contribution in [-0.4, -0.2) is 72.1 Å². The molecule has 0 unspecified atom stereocenters. The van der Waals surface area contributed by atoms with Gasteiger partial charge in [0.05, 0.1) is 11.1 Å². The highest BCUT2D eigenvalue weighted by Crippen LogP contribution is 2.24. The summed E-state index contributed by atoms with van der Waals surface area (Å²) in [6.45, 7) is 3.73. The van der Waals surface area contributed by atoms with Gasteiger partial charge in [0.2, 0.25) is 5.91 Å². The number of carbonyl (C=O) groups excluding carboxylic acids is 1. The zero-order valence-electron chi connectivity index (χ0n) is 18.0. The number of H-pyrrole nitrogens is 1. The molecule has 0 radical (unpaired) electrons. The minimum absolute atomic E-state index is 0.0460. The van der Waals surface area contributed by atoms with Crippen LogP contribution in [0, 0.1) is 11.8 Å². The summed E-state index contributed by atoms with van der Waals surface area (Å²) in [6.07, 6.45) is 5.03. The lowest BCUT2D eigenvalue weighted by Crippen LogP contribution is -2.48. The highest BCUT2D eigenvalue weighted by atomic mass is 16.5. The fourth-order valence-corrected chi connectivity index (χ4v) is 3.54. The first kappa shape index (κ1) is 21.4. The first-order valence-electron chi connectivity index (χ1n) is 10.6. The molecule has 1 fully saturated rings. The van der Waals surface area contributed by atoms with E-state index in [2.05, 4.69) is 37.0 Å². The Morgan fingerprint density at radius 3 is 2.81 bits per heavy atom. The maximum atomic E-state index is 12.3. The molecule has 4 rings (SSSR count). The standard InChI is InChI=1S/C24H26N6O2/c1-25-11-5-10-22(31)29-12-14-30(15-13-29)24-21-17-19(28-23(21)26-18-27-24)7-6-16-32-20-8-3-2-4-9-20/h2-5,8-10,17-18,25H,11-16H2,1H3,(H,26,27,28). The van der Waals surface area contributed by atoms with Crippen LogP contribution in [0.2, 0.25) is 0 Å². The fourth-order valence-electron chi connectivity index (χ4n) is 3.54. The molecule has 2 aromatic heterocycles. The number of likely N-dealkylation sites (N-methyl/N-ethyl adjacent to an activating group) is 1. The molecule has 1 aromatic carbocycles. The average molecular weight is 431 g/mol. The predicted octanol–water partition coefficient (Wildman–Crippen LogP) is 1.81. The number of hydrogen-bond acceptors (Lipinski definition) is 6. The third-order valence-corrected chi connectivity index (χ3v) is 5.16. The quantitative estimate of drug-likeness (QED) is 0.458. The van der Waals surface area contributed by atoms with E-state index < -0.39 is 0 Å². The molecular formula is C24H26N6O2. The number of amides is 1. The van der Waals surface area contributed by atoms with Gasteiger partial charge in [0.15, 0.2) is 0 Å². The number of nitrogens with zero attached hydrogens (tertiary/aromatic N) is 4. The summed E-state index contributed by atoms with van der Waals surface area (Å²) in [6, 6.07) is 11.6. The molecule has 1 saturated heterocycles. The molecule has 3 heterocycles. The summed E-state index contributed by atoms with van der Waals surface area (Å²) in [5.74, 6) is 7.83. The van der Waals surface area contributed by atoms with Crippen molar-refractivity contribution in [3.8, 4) is 17.6 Å². The Bertz CT molecular complexity index is 1140. The summed E-state index contributed by atoms with van der Waals surface area (Å²) in [5, 5.41) is 3.92. The Balaban J connectivity index is 1.40. The largest absolute Gasteiger partial charge is 0.481 e. The number of fused-ring (bicyclic) bond motifs is 1. The van der Waals surface area contributed by atoms with Gasteiger partial charge in [-0.15, -0.1) is 0 Å². The number of aromatic amines is 1. The van der Waals surface area contributed by atoms with Crippen molar-refractivity contribution < 1.29 is 9.53 Å². The summed E-state index contributed by atoms with van der Waals surface area (Å²) in [5.41, 5.74) is 1.51. The number of nitrogens with one attached hydrogen (secondary N) is 2.